The quantitative estimate of drug-likeness (QED) is 0.443. The summed E-state index contributed by atoms with van der Waals surface area (Å²) in [6.07, 6.45) is 2.92. The van der Waals surface area contributed by atoms with Crippen molar-refractivity contribution in [1.82, 2.24) is 4.90 Å². The topological polar surface area (TPSA) is 80.8 Å². The Morgan fingerprint density at radius 3 is 2.32 bits per heavy atom. The van der Waals surface area contributed by atoms with Crippen LogP contribution in [0.5, 0.6) is 0 Å². The van der Waals surface area contributed by atoms with E-state index in [9.17, 15) is 19.2 Å². The predicted molar refractivity (Wildman–Crippen MR) is 100 cm³/mol. The van der Waals surface area contributed by atoms with E-state index in [1.54, 1.807) is 6.07 Å². The van der Waals surface area contributed by atoms with Crippen LogP contribution in [0.15, 0.2) is 18.2 Å². The number of imide groups is 1. The first-order valence-corrected chi connectivity index (χ1v) is 9.93. The Kier molecular flexibility index (Phi) is 4.60. The van der Waals surface area contributed by atoms with Crippen LogP contribution in [-0.2, 0) is 19.1 Å². The average molecular weight is 383 g/mol. The van der Waals surface area contributed by atoms with Crippen LogP contribution in [0.1, 0.15) is 47.7 Å². The van der Waals surface area contributed by atoms with Gasteiger partial charge in [0.1, 0.15) is 6.04 Å². The molecule has 0 unspecified atom stereocenters. The van der Waals surface area contributed by atoms with Crippen LogP contribution in [0, 0.1) is 37.5 Å². The second-order valence-electron chi connectivity index (χ2n) is 8.46. The van der Waals surface area contributed by atoms with Gasteiger partial charge in [-0.3, -0.25) is 19.3 Å². The van der Waals surface area contributed by atoms with Gasteiger partial charge in [-0.15, -0.1) is 0 Å². The van der Waals surface area contributed by atoms with Crippen LogP contribution < -0.4 is 0 Å². The molecule has 2 bridgehead atoms. The van der Waals surface area contributed by atoms with Crippen LogP contribution in [-0.4, -0.2) is 41.1 Å². The van der Waals surface area contributed by atoms with Crippen molar-refractivity contribution in [2.45, 2.75) is 46.1 Å². The van der Waals surface area contributed by atoms with E-state index in [-0.39, 0.29) is 41.3 Å². The van der Waals surface area contributed by atoms with Crippen LogP contribution >= 0.6 is 0 Å². The lowest BCUT2D eigenvalue weighted by Gasteiger charge is -2.23. The molecule has 2 amide bonds. The fourth-order valence-electron chi connectivity index (χ4n) is 5.29. The van der Waals surface area contributed by atoms with Crippen molar-refractivity contribution < 1.29 is 23.9 Å². The number of hydrogen-bond acceptors (Lipinski definition) is 5. The molecular weight excluding hydrogens is 358 g/mol. The molecule has 6 nitrogen and oxygen atoms in total. The summed E-state index contributed by atoms with van der Waals surface area (Å²) in [4.78, 5) is 51.6. The molecule has 5 atom stereocenters. The number of hydrogen-bond donors (Lipinski definition) is 0. The molecule has 2 aliphatic carbocycles. The first kappa shape index (κ1) is 18.8. The summed E-state index contributed by atoms with van der Waals surface area (Å²) < 4.78 is 5.18. The minimum Gasteiger partial charge on any atom is -0.456 e. The maximum atomic E-state index is 12.8. The average Bonchev–Trinajstić information content (AvgIpc) is 3.34. The number of ether oxygens (including phenoxy) is 1. The van der Waals surface area contributed by atoms with E-state index in [1.807, 2.05) is 26.0 Å². The van der Waals surface area contributed by atoms with Gasteiger partial charge < -0.3 is 4.74 Å². The van der Waals surface area contributed by atoms with Crippen molar-refractivity contribution in [2.75, 3.05) is 6.61 Å². The van der Waals surface area contributed by atoms with Gasteiger partial charge in [0, 0.05) is 5.56 Å². The monoisotopic (exact) mass is 383 g/mol. The summed E-state index contributed by atoms with van der Waals surface area (Å²) in [5.41, 5.74) is 2.27. The molecule has 28 heavy (non-hydrogen) atoms. The first-order chi connectivity index (χ1) is 13.3. The zero-order valence-electron chi connectivity index (χ0n) is 16.4. The predicted octanol–water partition coefficient (Wildman–Crippen LogP) is 2.45. The Morgan fingerprint density at radius 2 is 1.71 bits per heavy atom. The van der Waals surface area contributed by atoms with E-state index in [0.717, 1.165) is 35.3 Å². The van der Waals surface area contributed by atoms with E-state index >= 15 is 0 Å². The van der Waals surface area contributed by atoms with Crippen LogP contribution in [0.2, 0.25) is 0 Å². The first-order valence-electron chi connectivity index (χ1n) is 9.93. The van der Waals surface area contributed by atoms with Crippen molar-refractivity contribution in [1.29, 1.82) is 0 Å². The molecule has 1 saturated heterocycles. The number of Topliss-reactive ketones (excluding diaryl/α,β-unsaturated/α-hetero) is 1. The van der Waals surface area contributed by atoms with E-state index in [2.05, 4.69) is 0 Å². The van der Waals surface area contributed by atoms with Crippen molar-refractivity contribution in [3.63, 3.8) is 0 Å². The molecule has 3 aliphatic rings. The zero-order valence-corrected chi connectivity index (χ0v) is 16.4. The molecule has 4 rings (SSSR count). The van der Waals surface area contributed by atoms with E-state index in [0.29, 0.717) is 5.56 Å². The smallest absolute Gasteiger partial charge is 0.329 e. The van der Waals surface area contributed by atoms with Crippen LogP contribution in [0.4, 0.5) is 0 Å². The molecule has 3 fully saturated rings. The molecular formula is C22H25NO5. The summed E-state index contributed by atoms with van der Waals surface area (Å²) in [6, 6.07) is 4.52. The number of amides is 2. The number of carbonyl (C=O) groups is 4. The fraction of sp³-hybridized carbons (Fsp3) is 0.545. The highest BCUT2D eigenvalue weighted by Crippen LogP contribution is 2.56. The largest absolute Gasteiger partial charge is 0.456 e. The molecule has 1 aromatic rings. The van der Waals surface area contributed by atoms with Gasteiger partial charge >= 0.3 is 5.97 Å². The Morgan fingerprint density at radius 1 is 1.11 bits per heavy atom. The van der Waals surface area contributed by atoms with Gasteiger partial charge in [-0.1, -0.05) is 17.7 Å². The zero-order chi connectivity index (χ0) is 20.2. The number of likely N-dealkylation sites (tertiary alicyclic amines) is 1. The number of nitrogens with zero attached hydrogens (tertiary/aromatic N) is 1. The maximum absolute atomic E-state index is 12.8. The SMILES string of the molecule is Cc1ccc(C)c(C(=O)COC(=O)[C@@H](C)N2C(=O)[C@@H]3[C@@H]4CC[C@H](C4)[C@@H]3C2=O)c1. The van der Waals surface area contributed by atoms with Gasteiger partial charge in [0.05, 0.1) is 11.8 Å². The van der Waals surface area contributed by atoms with E-state index < -0.39 is 18.6 Å². The minimum absolute atomic E-state index is 0.243. The normalized spacial score (nSPS) is 29.2. The maximum Gasteiger partial charge on any atom is 0.329 e. The lowest BCUT2D eigenvalue weighted by Crippen LogP contribution is -2.45. The Balaban J connectivity index is 1.41. The molecule has 0 radical (unpaired) electrons. The summed E-state index contributed by atoms with van der Waals surface area (Å²) in [5.74, 6) is -1.49. The number of fused-ring (bicyclic) bond motifs is 5. The third kappa shape index (κ3) is 2.86. The molecule has 148 valence electrons. The highest BCUT2D eigenvalue weighted by Gasteiger charge is 2.62. The molecule has 1 aliphatic heterocycles. The standard InChI is InChI=1S/C22H25NO5/c1-11-4-5-12(2)16(8-11)17(24)10-28-22(27)13(3)23-20(25)18-14-6-7-15(9-14)19(18)21(23)26/h4-5,8,13-15,18-19H,6-7,9-10H2,1-3H3/t13-,14-,15-,18-,19+/m1/s1. The van der Waals surface area contributed by atoms with Crippen molar-refractivity contribution in [3.05, 3.63) is 34.9 Å². The van der Waals surface area contributed by atoms with Gasteiger partial charge in [0.2, 0.25) is 17.6 Å². The lowest BCUT2D eigenvalue weighted by atomic mass is 9.81. The summed E-state index contributed by atoms with van der Waals surface area (Å²) >= 11 is 0. The number of benzene rings is 1. The fourth-order valence-corrected chi connectivity index (χ4v) is 5.29. The highest BCUT2D eigenvalue weighted by molar-refractivity contribution is 6.08. The van der Waals surface area contributed by atoms with Gasteiger partial charge in [-0.2, -0.15) is 0 Å². The minimum atomic E-state index is -1.00. The molecule has 0 N–H and O–H groups in total. The van der Waals surface area contributed by atoms with Gasteiger partial charge in [0.25, 0.3) is 0 Å². The third-order valence-electron chi connectivity index (χ3n) is 6.73. The Bertz CT molecular complexity index is 848. The van der Waals surface area contributed by atoms with Gasteiger partial charge in [-0.25, -0.2) is 4.79 Å². The lowest BCUT2D eigenvalue weighted by molar-refractivity contribution is -0.157. The summed E-state index contributed by atoms with van der Waals surface area (Å²) in [6.45, 7) is 4.82. The number of esters is 1. The molecule has 0 spiro atoms. The van der Waals surface area contributed by atoms with Crippen LogP contribution in [0.25, 0.3) is 0 Å². The van der Waals surface area contributed by atoms with Crippen LogP contribution in [0.3, 0.4) is 0 Å². The Labute approximate surface area is 164 Å². The van der Waals surface area contributed by atoms with Crippen molar-refractivity contribution in [3.8, 4) is 0 Å². The number of aryl methyl sites for hydroxylation is 2. The molecule has 6 heteroatoms. The highest BCUT2D eigenvalue weighted by atomic mass is 16.5. The second-order valence-corrected chi connectivity index (χ2v) is 8.46. The van der Waals surface area contributed by atoms with Crippen molar-refractivity contribution in [2.24, 2.45) is 23.7 Å². The van der Waals surface area contributed by atoms with Crippen molar-refractivity contribution >= 4 is 23.6 Å². The second kappa shape index (κ2) is 6.83. The number of carbonyl (C=O) groups excluding carboxylic acids is 4. The summed E-state index contributed by atoms with van der Waals surface area (Å²) in [7, 11) is 0. The Hall–Kier alpha value is -2.50. The van der Waals surface area contributed by atoms with E-state index in [4.69, 9.17) is 4.74 Å². The van der Waals surface area contributed by atoms with E-state index in [1.165, 1.54) is 6.92 Å². The summed E-state index contributed by atoms with van der Waals surface area (Å²) in [5, 5.41) is 0. The molecule has 0 aromatic heterocycles. The van der Waals surface area contributed by atoms with Gasteiger partial charge in [0.15, 0.2) is 6.61 Å². The third-order valence-corrected chi connectivity index (χ3v) is 6.73. The van der Waals surface area contributed by atoms with Gasteiger partial charge in [-0.05, 0) is 63.5 Å². The number of ketones is 1. The molecule has 1 aromatic carbocycles. The number of rotatable bonds is 5. The molecule has 1 heterocycles. The molecule has 2 saturated carbocycles.